The van der Waals surface area contributed by atoms with Gasteiger partial charge in [0, 0.05) is 6.04 Å². The minimum Gasteiger partial charge on any atom is -0.465 e. The lowest BCUT2D eigenvalue weighted by atomic mass is 10.4. The summed E-state index contributed by atoms with van der Waals surface area (Å²) in [6, 6.07) is -0.391. The maximum atomic E-state index is 12.6. The molecule has 114 valence electrons. The van der Waals surface area contributed by atoms with Gasteiger partial charge >= 0.3 is 5.97 Å². The topological polar surface area (TPSA) is 89.7 Å². The molecule has 0 spiro atoms. The standard InChI is InChI=1S/C12H20N2O5S/c1-6-18-11(15)7-14(8(2)3)20(16,17)12-9(4)13-19-10(12)5/h8H,6-7H2,1-5H3. The molecule has 0 amide bonds. The van der Waals surface area contributed by atoms with Gasteiger partial charge in [-0.2, -0.15) is 4.31 Å². The highest BCUT2D eigenvalue weighted by Gasteiger charge is 2.34. The van der Waals surface area contributed by atoms with Crippen molar-refractivity contribution in [2.75, 3.05) is 13.2 Å². The molecule has 0 saturated carbocycles. The second-order valence-electron chi connectivity index (χ2n) is 4.60. The van der Waals surface area contributed by atoms with Gasteiger partial charge in [0.25, 0.3) is 0 Å². The van der Waals surface area contributed by atoms with Gasteiger partial charge in [-0.3, -0.25) is 4.79 Å². The summed E-state index contributed by atoms with van der Waals surface area (Å²) in [6.07, 6.45) is 0. The summed E-state index contributed by atoms with van der Waals surface area (Å²) < 4.78 is 36.1. The number of hydrogen-bond acceptors (Lipinski definition) is 6. The van der Waals surface area contributed by atoms with Crippen LogP contribution in [0.4, 0.5) is 0 Å². The first-order chi connectivity index (χ1) is 9.21. The Hall–Kier alpha value is -1.41. The fourth-order valence-corrected chi connectivity index (χ4v) is 3.72. The molecule has 0 saturated heterocycles. The molecule has 0 aromatic carbocycles. The Bertz CT molecular complexity index is 557. The van der Waals surface area contributed by atoms with Crippen molar-refractivity contribution in [3.8, 4) is 0 Å². The van der Waals surface area contributed by atoms with E-state index in [2.05, 4.69) is 5.16 Å². The molecule has 1 rings (SSSR count). The van der Waals surface area contributed by atoms with E-state index >= 15 is 0 Å². The second-order valence-corrected chi connectivity index (χ2v) is 6.43. The van der Waals surface area contributed by atoms with Gasteiger partial charge in [0.05, 0.1) is 6.61 Å². The summed E-state index contributed by atoms with van der Waals surface area (Å²) in [7, 11) is -3.86. The lowest BCUT2D eigenvalue weighted by Gasteiger charge is -2.24. The summed E-state index contributed by atoms with van der Waals surface area (Å²) in [6.45, 7) is 7.99. The zero-order valence-corrected chi connectivity index (χ0v) is 13.2. The van der Waals surface area contributed by atoms with E-state index in [0.29, 0.717) is 0 Å². The molecule has 0 aliphatic heterocycles. The minimum atomic E-state index is -3.86. The van der Waals surface area contributed by atoms with E-state index in [1.165, 1.54) is 6.92 Å². The predicted octanol–water partition coefficient (Wildman–Crippen LogP) is 1.25. The SMILES string of the molecule is CCOC(=O)CN(C(C)C)S(=O)(=O)c1c(C)noc1C. The largest absolute Gasteiger partial charge is 0.465 e. The van der Waals surface area contributed by atoms with E-state index in [0.717, 1.165) is 4.31 Å². The van der Waals surface area contributed by atoms with Gasteiger partial charge < -0.3 is 9.26 Å². The van der Waals surface area contributed by atoms with Crippen LogP contribution in [0.5, 0.6) is 0 Å². The van der Waals surface area contributed by atoms with Crippen molar-refractivity contribution in [3.05, 3.63) is 11.5 Å². The van der Waals surface area contributed by atoms with Gasteiger partial charge in [-0.1, -0.05) is 5.16 Å². The molecule has 0 fully saturated rings. The fourth-order valence-electron chi connectivity index (χ4n) is 1.84. The Kier molecular flexibility index (Phi) is 5.29. The van der Waals surface area contributed by atoms with Gasteiger partial charge in [0.15, 0.2) is 5.76 Å². The molecule has 8 heteroatoms. The number of carbonyl (C=O) groups excluding carboxylic acids is 1. The van der Waals surface area contributed by atoms with Crippen LogP contribution in [0.15, 0.2) is 9.42 Å². The summed E-state index contributed by atoms with van der Waals surface area (Å²) in [5.74, 6) is -0.381. The lowest BCUT2D eigenvalue weighted by Crippen LogP contribution is -2.41. The first kappa shape index (κ1) is 16.6. The number of nitrogens with zero attached hydrogens (tertiary/aromatic N) is 2. The lowest BCUT2D eigenvalue weighted by molar-refractivity contribution is -0.143. The first-order valence-electron chi connectivity index (χ1n) is 6.32. The van der Waals surface area contributed by atoms with Crippen LogP contribution in [-0.2, 0) is 19.6 Å². The van der Waals surface area contributed by atoms with Crippen LogP contribution in [0.2, 0.25) is 0 Å². The molecule has 0 bridgehead atoms. The third kappa shape index (κ3) is 3.37. The quantitative estimate of drug-likeness (QED) is 0.735. The Labute approximate surface area is 118 Å². The van der Waals surface area contributed by atoms with Crippen LogP contribution in [0.1, 0.15) is 32.2 Å². The molecular formula is C12H20N2O5S. The Balaban J connectivity index is 3.17. The van der Waals surface area contributed by atoms with E-state index < -0.39 is 22.0 Å². The van der Waals surface area contributed by atoms with Gasteiger partial charge in [-0.15, -0.1) is 0 Å². The van der Waals surface area contributed by atoms with E-state index in [4.69, 9.17) is 9.26 Å². The highest BCUT2D eigenvalue weighted by molar-refractivity contribution is 7.89. The van der Waals surface area contributed by atoms with E-state index in [1.54, 1.807) is 27.7 Å². The van der Waals surface area contributed by atoms with Crippen molar-refractivity contribution < 1.29 is 22.5 Å². The molecule has 0 aliphatic carbocycles. The molecule has 1 aromatic rings. The van der Waals surface area contributed by atoms with E-state index in [1.807, 2.05) is 0 Å². The highest BCUT2D eigenvalue weighted by atomic mass is 32.2. The number of rotatable bonds is 6. The van der Waals surface area contributed by atoms with Crippen molar-refractivity contribution in [3.63, 3.8) is 0 Å². The van der Waals surface area contributed by atoms with Crippen molar-refractivity contribution in [2.24, 2.45) is 0 Å². The number of sulfonamides is 1. The first-order valence-corrected chi connectivity index (χ1v) is 7.76. The zero-order valence-electron chi connectivity index (χ0n) is 12.3. The Morgan fingerprint density at radius 2 is 2.00 bits per heavy atom. The molecule has 7 nitrogen and oxygen atoms in total. The van der Waals surface area contributed by atoms with Gasteiger partial charge in [-0.25, -0.2) is 8.42 Å². The molecule has 1 aromatic heterocycles. The van der Waals surface area contributed by atoms with Gasteiger partial charge in [0.1, 0.15) is 17.1 Å². The minimum absolute atomic E-state index is 0.00972. The Morgan fingerprint density at radius 3 is 2.40 bits per heavy atom. The van der Waals surface area contributed by atoms with Crippen molar-refractivity contribution >= 4 is 16.0 Å². The monoisotopic (exact) mass is 304 g/mol. The average molecular weight is 304 g/mol. The number of ether oxygens (including phenoxy) is 1. The van der Waals surface area contributed by atoms with Gasteiger partial charge in [-0.05, 0) is 34.6 Å². The third-order valence-electron chi connectivity index (χ3n) is 2.70. The Morgan fingerprint density at radius 1 is 1.40 bits per heavy atom. The molecule has 20 heavy (non-hydrogen) atoms. The smallest absolute Gasteiger partial charge is 0.321 e. The maximum Gasteiger partial charge on any atom is 0.321 e. The van der Waals surface area contributed by atoms with Crippen LogP contribution in [0.3, 0.4) is 0 Å². The normalized spacial score (nSPS) is 12.2. The second kappa shape index (κ2) is 6.36. The summed E-state index contributed by atoms with van der Waals surface area (Å²) >= 11 is 0. The fraction of sp³-hybridized carbons (Fsp3) is 0.667. The predicted molar refractivity (Wildman–Crippen MR) is 71.6 cm³/mol. The molecular weight excluding hydrogens is 284 g/mol. The maximum absolute atomic E-state index is 12.6. The highest BCUT2D eigenvalue weighted by Crippen LogP contribution is 2.24. The molecule has 0 atom stereocenters. The molecule has 0 radical (unpaired) electrons. The summed E-state index contributed by atoms with van der Waals surface area (Å²) in [5, 5.41) is 3.64. The van der Waals surface area contributed by atoms with Crippen LogP contribution in [0, 0.1) is 13.8 Å². The summed E-state index contributed by atoms with van der Waals surface area (Å²) in [4.78, 5) is 11.6. The number of esters is 1. The van der Waals surface area contributed by atoms with Crippen LogP contribution < -0.4 is 0 Å². The van der Waals surface area contributed by atoms with Gasteiger partial charge in [0.2, 0.25) is 10.0 Å². The number of carbonyl (C=O) groups is 1. The molecule has 0 unspecified atom stereocenters. The molecule has 0 aliphatic rings. The molecule has 1 heterocycles. The van der Waals surface area contributed by atoms with Crippen LogP contribution in [-0.4, -0.2) is 43.0 Å². The van der Waals surface area contributed by atoms with Crippen molar-refractivity contribution in [2.45, 2.75) is 45.6 Å². The van der Waals surface area contributed by atoms with Crippen molar-refractivity contribution in [1.29, 1.82) is 0 Å². The molecule has 0 N–H and O–H groups in total. The van der Waals surface area contributed by atoms with E-state index in [9.17, 15) is 13.2 Å². The van der Waals surface area contributed by atoms with Crippen LogP contribution in [0.25, 0.3) is 0 Å². The third-order valence-corrected chi connectivity index (χ3v) is 4.97. The average Bonchev–Trinajstić information content (AvgIpc) is 2.66. The number of hydrogen-bond donors (Lipinski definition) is 0. The number of aryl methyl sites for hydroxylation is 2. The summed E-state index contributed by atoms with van der Waals surface area (Å²) in [5.41, 5.74) is 0.275. The number of aromatic nitrogens is 1. The van der Waals surface area contributed by atoms with E-state index in [-0.39, 0.29) is 29.5 Å². The zero-order chi connectivity index (χ0) is 15.5. The van der Waals surface area contributed by atoms with Crippen LogP contribution >= 0.6 is 0 Å². The van der Waals surface area contributed by atoms with Crippen molar-refractivity contribution in [1.82, 2.24) is 9.46 Å².